The molecule has 0 aliphatic carbocycles. The van der Waals surface area contributed by atoms with Crippen LogP contribution in [0.3, 0.4) is 0 Å². The van der Waals surface area contributed by atoms with E-state index in [2.05, 4.69) is 9.72 Å². The van der Waals surface area contributed by atoms with Crippen molar-refractivity contribution in [2.45, 2.75) is 26.4 Å². The minimum atomic E-state index is -0.527. The summed E-state index contributed by atoms with van der Waals surface area (Å²) in [5.74, 6) is 0.835. The maximum Gasteiger partial charge on any atom is 0.332 e. The number of fused-ring (bicyclic) bond motifs is 3. The zero-order valence-electron chi connectivity index (χ0n) is 17.8. The maximum absolute atomic E-state index is 13.1. The molecule has 3 aromatic heterocycles. The second kappa shape index (κ2) is 7.78. The van der Waals surface area contributed by atoms with Crippen LogP contribution in [0.25, 0.3) is 16.9 Å². The molecule has 0 aliphatic heterocycles. The van der Waals surface area contributed by atoms with E-state index in [0.29, 0.717) is 23.5 Å². The summed E-state index contributed by atoms with van der Waals surface area (Å²) < 4.78 is 15.9. The number of aromatic nitrogens is 5. The second-order valence-corrected chi connectivity index (χ2v) is 7.28. The van der Waals surface area contributed by atoms with Crippen LogP contribution in [0.2, 0.25) is 0 Å². The van der Waals surface area contributed by atoms with Gasteiger partial charge in [-0.25, -0.2) is 4.79 Å². The monoisotopic (exact) mass is 425 g/mol. The van der Waals surface area contributed by atoms with Crippen molar-refractivity contribution in [2.75, 3.05) is 14.2 Å². The van der Waals surface area contributed by atoms with Crippen molar-refractivity contribution in [1.82, 2.24) is 23.1 Å². The lowest BCUT2D eigenvalue weighted by Gasteiger charge is -2.07. The second-order valence-electron chi connectivity index (χ2n) is 7.28. The SMILES string of the molecule is COC(=O)CCn1c(=O)c2c(nc3n(Cc4ccc(OC)cc4)c(C)cn23)n(C)c1=O. The Morgan fingerprint density at radius 3 is 2.45 bits per heavy atom. The van der Waals surface area contributed by atoms with Crippen LogP contribution in [0, 0.1) is 6.92 Å². The molecule has 4 aromatic rings. The van der Waals surface area contributed by atoms with Crippen molar-refractivity contribution in [2.24, 2.45) is 7.05 Å². The Morgan fingerprint density at radius 1 is 1.10 bits per heavy atom. The summed E-state index contributed by atoms with van der Waals surface area (Å²) in [5, 5.41) is 0. The highest BCUT2D eigenvalue weighted by atomic mass is 16.5. The fourth-order valence-corrected chi connectivity index (χ4v) is 3.67. The Morgan fingerprint density at radius 2 is 1.81 bits per heavy atom. The van der Waals surface area contributed by atoms with Crippen molar-refractivity contribution < 1.29 is 14.3 Å². The summed E-state index contributed by atoms with van der Waals surface area (Å²) in [6.07, 6.45) is 1.75. The van der Waals surface area contributed by atoms with Gasteiger partial charge in [0.1, 0.15) is 5.75 Å². The Labute approximate surface area is 176 Å². The van der Waals surface area contributed by atoms with E-state index in [1.54, 1.807) is 18.6 Å². The average molecular weight is 425 g/mol. The maximum atomic E-state index is 13.1. The lowest BCUT2D eigenvalue weighted by Crippen LogP contribution is -2.39. The summed E-state index contributed by atoms with van der Waals surface area (Å²) >= 11 is 0. The lowest BCUT2D eigenvalue weighted by molar-refractivity contribution is -0.140. The minimum Gasteiger partial charge on any atom is -0.497 e. The summed E-state index contributed by atoms with van der Waals surface area (Å²) in [4.78, 5) is 42.0. The fourth-order valence-electron chi connectivity index (χ4n) is 3.67. The van der Waals surface area contributed by atoms with E-state index in [4.69, 9.17) is 4.74 Å². The molecule has 0 amide bonds. The van der Waals surface area contributed by atoms with Crippen LogP contribution >= 0.6 is 0 Å². The summed E-state index contributed by atoms with van der Waals surface area (Å²) in [6.45, 7) is 2.41. The number of aryl methyl sites for hydroxylation is 2. The van der Waals surface area contributed by atoms with Crippen LogP contribution < -0.4 is 16.0 Å². The first-order valence-corrected chi connectivity index (χ1v) is 9.73. The number of carbonyl (C=O) groups excluding carboxylic acids is 1. The molecule has 0 saturated carbocycles. The zero-order valence-corrected chi connectivity index (χ0v) is 17.8. The Bertz CT molecular complexity index is 1400. The number of nitrogens with zero attached hydrogens (tertiary/aromatic N) is 5. The number of ether oxygens (including phenoxy) is 2. The van der Waals surface area contributed by atoms with Crippen molar-refractivity contribution in [3.63, 3.8) is 0 Å². The molecular formula is C21H23N5O5. The predicted molar refractivity (Wildman–Crippen MR) is 114 cm³/mol. The molecular weight excluding hydrogens is 402 g/mol. The number of benzene rings is 1. The molecule has 0 atom stereocenters. The number of methoxy groups -OCH3 is 2. The van der Waals surface area contributed by atoms with E-state index in [1.165, 1.54) is 11.7 Å². The molecule has 0 bridgehead atoms. The van der Waals surface area contributed by atoms with E-state index >= 15 is 0 Å². The average Bonchev–Trinajstić information content (AvgIpc) is 3.28. The van der Waals surface area contributed by atoms with Gasteiger partial charge in [-0.3, -0.25) is 23.1 Å². The van der Waals surface area contributed by atoms with Crippen LogP contribution in [0.15, 0.2) is 40.1 Å². The van der Waals surface area contributed by atoms with Gasteiger partial charge >= 0.3 is 11.7 Å². The largest absolute Gasteiger partial charge is 0.497 e. The van der Waals surface area contributed by atoms with Crippen LogP contribution in [0.5, 0.6) is 5.75 Å². The Hall–Kier alpha value is -3.82. The van der Waals surface area contributed by atoms with E-state index in [1.807, 2.05) is 42.0 Å². The molecule has 10 nitrogen and oxygen atoms in total. The third kappa shape index (κ3) is 3.39. The van der Waals surface area contributed by atoms with Gasteiger partial charge in [0, 0.05) is 25.5 Å². The molecule has 31 heavy (non-hydrogen) atoms. The normalized spacial score (nSPS) is 11.4. The third-order valence-corrected chi connectivity index (χ3v) is 5.41. The van der Waals surface area contributed by atoms with Crippen molar-refractivity contribution in [1.29, 1.82) is 0 Å². The Balaban J connectivity index is 1.85. The third-order valence-electron chi connectivity index (χ3n) is 5.41. The molecule has 162 valence electrons. The van der Waals surface area contributed by atoms with Crippen LogP contribution in [-0.4, -0.2) is 43.3 Å². The molecule has 1 aromatic carbocycles. The lowest BCUT2D eigenvalue weighted by atomic mass is 10.2. The number of rotatable bonds is 6. The zero-order chi connectivity index (χ0) is 22.3. The molecule has 0 N–H and O–H groups in total. The molecule has 0 radical (unpaired) electrons. The predicted octanol–water partition coefficient (Wildman–Crippen LogP) is 1.08. The van der Waals surface area contributed by atoms with Crippen molar-refractivity contribution in [3.05, 3.63) is 62.6 Å². The highest BCUT2D eigenvalue weighted by Gasteiger charge is 2.20. The van der Waals surface area contributed by atoms with Gasteiger partial charge in [0.2, 0.25) is 5.78 Å². The quantitative estimate of drug-likeness (QED) is 0.429. The number of imidazole rings is 2. The molecule has 0 spiro atoms. The molecule has 4 rings (SSSR count). The van der Waals surface area contributed by atoms with E-state index in [-0.39, 0.29) is 13.0 Å². The van der Waals surface area contributed by atoms with Gasteiger partial charge in [0.15, 0.2) is 11.2 Å². The van der Waals surface area contributed by atoms with Crippen molar-refractivity contribution in [3.8, 4) is 5.75 Å². The van der Waals surface area contributed by atoms with E-state index in [0.717, 1.165) is 21.6 Å². The van der Waals surface area contributed by atoms with Crippen LogP contribution in [-0.2, 0) is 29.7 Å². The minimum absolute atomic E-state index is 0.0626. The molecule has 0 aliphatic rings. The molecule has 3 heterocycles. The van der Waals surface area contributed by atoms with Gasteiger partial charge in [-0.05, 0) is 24.6 Å². The first-order chi connectivity index (χ1) is 14.8. The summed E-state index contributed by atoms with van der Waals surface area (Å²) in [7, 11) is 4.44. The number of hydrogen-bond acceptors (Lipinski definition) is 6. The van der Waals surface area contributed by atoms with Gasteiger partial charge in [0.25, 0.3) is 5.56 Å². The summed E-state index contributed by atoms with van der Waals surface area (Å²) in [6, 6.07) is 7.70. The Kier molecular flexibility index (Phi) is 5.14. The van der Waals surface area contributed by atoms with E-state index in [9.17, 15) is 14.4 Å². The molecule has 0 saturated heterocycles. The first kappa shape index (κ1) is 20.5. The van der Waals surface area contributed by atoms with Crippen LogP contribution in [0.4, 0.5) is 0 Å². The smallest absolute Gasteiger partial charge is 0.332 e. The highest BCUT2D eigenvalue weighted by molar-refractivity contribution is 5.76. The van der Waals surface area contributed by atoms with Gasteiger partial charge < -0.3 is 14.0 Å². The van der Waals surface area contributed by atoms with Crippen LogP contribution in [0.1, 0.15) is 17.7 Å². The van der Waals surface area contributed by atoms with Crippen molar-refractivity contribution >= 4 is 22.9 Å². The molecule has 0 fully saturated rings. The first-order valence-electron chi connectivity index (χ1n) is 9.73. The number of hydrogen-bond donors (Lipinski definition) is 0. The standard InChI is InChI=1S/C21H23N5O5/c1-13-11-26-17-18(23(2)21(29)24(19(17)28)10-9-16(27)31-4)22-20(26)25(13)12-14-5-7-15(30-3)8-6-14/h5-8,11H,9-10,12H2,1-4H3. The highest BCUT2D eigenvalue weighted by Crippen LogP contribution is 2.19. The van der Waals surface area contributed by atoms with Gasteiger partial charge in [-0.15, -0.1) is 0 Å². The number of esters is 1. The number of carbonyl (C=O) groups is 1. The fraction of sp³-hybridized carbons (Fsp3) is 0.333. The van der Waals surface area contributed by atoms with Gasteiger partial charge in [-0.2, -0.15) is 4.98 Å². The topological polar surface area (TPSA) is 102 Å². The van der Waals surface area contributed by atoms with Gasteiger partial charge in [0.05, 0.1) is 27.2 Å². The summed E-state index contributed by atoms with van der Waals surface area (Å²) in [5.41, 5.74) is 1.52. The molecule has 0 unspecified atom stereocenters. The molecule has 10 heteroatoms. The van der Waals surface area contributed by atoms with E-state index < -0.39 is 17.2 Å². The van der Waals surface area contributed by atoms with Gasteiger partial charge in [-0.1, -0.05) is 12.1 Å².